The fourth-order valence-electron chi connectivity index (χ4n) is 1.89. The van der Waals surface area contributed by atoms with Gasteiger partial charge in [-0.05, 0) is 18.8 Å². The van der Waals surface area contributed by atoms with E-state index in [1.165, 1.54) is 4.31 Å². The summed E-state index contributed by atoms with van der Waals surface area (Å²) in [5.74, 6) is 0.723. The van der Waals surface area contributed by atoms with Crippen LogP contribution in [0.4, 0.5) is 0 Å². The van der Waals surface area contributed by atoms with Crippen LogP contribution in [0.25, 0.3) is 0 Å². The first kappa shape index (κ1) is 11.8. The standard InChI is InChI=1S/C9H17N3O3S/c10-16(14,15)12-5-3-11(4-6-12)9(13)7-8-1-2-8/h8H,1-7H2,(H2,10,14,15). The molecule has 92 valence electrons. The number of carbonyl (C=O) groups is 1. The highest BCUT2D eigenvalue weighted by atomic mass is 32.2. The highest BCUT2D eigenvalue weighted by molar-refractivity contribution is 7.86. The van der Waals surface area contributed by atoms with Gasteiger partial charge in [0.05, 0.1) is 0 Å². The quantitative estimate of drug-likeness (QED) is 0.704. The highest BCUT2D eigenvalue weighted by Crippen LogP contribution is 2.32. The average molecular weight is 247 g/mol. The van der Waals surface area contributed by atoms with E-state index in [0.29, 0.717) is 38.5 Å². The largest absolute Gasteiger partial charge is 0.340 e. The maximum Gasteiger partial charge on any atom is 0.277 e. The first-order valence-corrected chi connectivity index (χ1v) is 7.03. The Bertz CT molecular complexity index is 369. The van der Waals surface area contributed by atoms with E-state index in [1.807, 2.05) is 0 Å². The third-order valence-electron chi connectivity index (χ3n) is 3.11. The molecule has 0 unspecified atom stereocenters. The van der Waals surface area contributed by atoms with Gasteiger partial charge >= 0.3 is 0 Å². The zero-order valence-corrected chi connectivity index (χ0v) is 9.95. The SMILES string of the molecule is NS(=O)(=O)N1CCN(C(=O)CC2CC2)CC1. The Morgan fingerprint density at radius 3 is 2.19 bits per heavy atom. The molecule has 7 heteroatoms. The van der Waals surface area contributed by atoms with Crippen molar-refractivity contribution in [2.45, 2.75) is 19.3 Å². The number of nitrogens with zero attached hydrogens (tertiary/aromatic N) is 2. The Kier molecular flexibility index (Phi) is 3.18. The van der Waals surface area contributed by atoms with Crippen LogP contribution in [0.1, 0.15) is 19.3 Å². The van der Waals surface area contributed by atoms with Crippen LogP contribution in [0.5, 0.6) is 0 Å². The molecule has 6 nitrogen and oxygen atoms in total. The lowest BCUT2D eigenvalue weighted by Crippen LogP contribution is -2.52. The number of piperazine rings is 1. The summed E-state index contributed by atoms with van der Waals surface area (Å²) in [6.07, 6.45) is 2.93. The van der Waals surface area contributed by atoms with E-state index in [-0.39, 0.29) is 5.91 Å². The molecule has 2 aliphatic rings. The van der Waals surface area contributed by atoms with Gasteiger partial charge in [0.2, 0.25) is 5.91 Å². The summed E-state index contributed by atoms with van der Waals surface area (Å²) in [7, 11) is -3.59. The van der Waals surface area contributed by atoms with E-state index in [2.05, 4.69) is 0 Å². The summed E-state index contributed by atoms with van der Waals surface area (Å²) in [5, 5.41) is 5.02. The van der Waals surface area contributed by atoms with Crippen molar-refractivity contribution in [2.75, 3.05) is 26.2 Å². The second-order valence-corrected chi connectivity index (χ2v) is 6.02. The predicted octanol–water partition coefficient (Wildman–Crippen LogP) is -0.866. The predicted molar refractivity (Wildman–Crippen MR) is 58.6 cm³/mol. The highest BCUT2D eigenvalue weighted by Gasteiger charge is 2.30. The Balaban J connectivity index is 1.82. The van der Waals surface area contributed by atoms with Crippen LogP contribution in [0.15, 0.2) is 0 Å². The number of carbonyl (C=O) groups excluding carboxylic acids is 1. The third-order valence-corrected chi connectivity index (χ3v) is 4.20. The molecule has 1 saturated carbocycles. The zero-order valence-electron chi connectivity index (χ0n) is 9.13. The van der Waals surface area contributed by atoms with Crippen LogP contribution in [-0.4, -0.2) is 49.7 Å². The zero-order chi connectivity index (χ0) is 11.8. The van der Waals surface area contributed by atoms with Crippen LogP contribution in [0.3, 0.4) is 0 Å². The summed E-state index contributed by atoms with van der Waals surface area (Å²) in [6, 6.07) is 0. The molecule has 16 heavy (non-hydrogen) atoms. The Morgan fingerprint density at radius 1 is 1.19 bits per heavy atom. The van der Waals surface area contributed by atoms with Crippen molar-refractivity contribution in [1.29, 1.82) is 0 Å². The summed E-state index contributed by atoms with van der Waals surface area (Å²) in [5.41, 5.74) is 0. The van der Waals surface area contributed by atoms with E-state index in [4.69, 9.17) is 5.14 Å². The van der Waals surface area contributed by atoms with Crippen molar-refractivity contribution in [3.63, 3.8) is 0 Å². The first-order chi connectivity index (χ1) is 7.47. The molecule has 1 amide bonds. The summed E-state index contributed by atoms with van der Waals surface area (Å²) < 4.78 is 23.3. The smallest absolute Gasteiger partial charge is 0.277 e. The van der Waals surface area contributed by atoms with Crippen molar-refractivity contribution in [3.05, 3.63) is 0 Å². The molecule has 0 bridgehead atoms. The number of nitrogens with two attached hydrogens (primary N) is 1. The lowest BCUT2D eigenvalue weighted by molar-refractivity contribution is -0.132. The van der Waals surface area contributed by atoms with Gasteiger partial charge in [-0.15, -0.1) is 0 Å². The van der Waals surface area contributed by atoms with Gasteiger partial charge in [-0.3, -0.25) is 4.79 Å². The van der Waals surface area contributed by atoms with Crippen molar-refractivity contribution in [2.24, 2.45) is 11.1 Å². The van der Waals surface area contributed by atoms with Crippen LogP contribution in [0, 0.1) is 5.92 Å². The molecule has 2 fully saturated rings. The fourth-order valence-corrected chi connectivity index (χ4v) is 2.56. The number of hydrogen-bond acceptors (Lipinski definition) is 3. The van der Waals surface area contributed by atoms with Gasteiger partial charge < -0.3 is 4.90 Å². The van der Waals surface area contributed by atoms with Crippen molar-refractivity contribution in [3.8, 4) is 0 Å². The lowest BCUT2D eigenvalue weighted by Gasteiger charge is -2.33. The second-order valence-electron chi connectivity index (χ2n) is 4.47. The van der Waals surface area contributed by atoms with E-state index < -0.39 is 10.2 Å². The van der Waals surface area contributed by atoms with Crippen LogP contribution < -0.4 is 5.14 Å². The minimum Gasteiger partial charge on any atom is -0.340 e. The third kappa shape index (κ3) is 2.93. The molecular formula is C9H17N3O3S. The summed E-state index contributed by atoms with van der Waals surface area (Å²) in [6.45, 7) is 1.55. The molecule has 0 radical (unpaired) electrons. The molecule has 1 aliphatic heterocycles. The van der Waals surface area contributed by atoms with E-state index in [0.717, 1.165) is 12.8 Å². The van der Waals surface area contributed by atoms with Crippen molar-refractivity contribution in [1.82, 2.24) is 9.21 Å². The molecule has 0 aromatic heterocycles. The summed E-state index contributed by atoms with van der Waals surface area (Å²) in [4.78, 5) is 13.5. The Labute approximate surface area is 95.6 Å². The molecule has 0 aromatic rings. The molecule has 0 aromatic carbocycles. The van der Waals surface area contributed by atoms with Gasteiger partial charge in [0.1, 0.15) is 0 Å². The molecular weight excluding hydrogens is 230 g/mol. The van der Waals surface area contributed by atoms with E-state index >= 15 is 0 Å². The molecule has 1 heterocycles. The van der Waals surface area contributed by atoms with Gasteiger partial charge in [-0.2, -0.15) is 12.7 Å². The Morgan fingerprint density at radius 2 is 1.75 bits per heavy atom. The van der Waals surface area contributed by atoms with Gasteiger partial charge in [-0.25, -0.2) is 5.14 Å². The van der Waals surface area contributed by atoms with Gasteiger partial charge in [-0.1, -0.05) is 0 Å². The van der Waals surface area contributed by atoms with Crippen LogP contribution in [0.2, 0.25) is 0 Å². The molecule has 1 aliphatic carbocycles. The molecule has 2 rings (SSSR count). The van der Waals surface area contributed by atoms with Gasteiger partial charge in [0, 0.05) is 32.6 Å². The second kappa shape index (κ2) is 4.31. The normalized spacial score (nSPS) is 23.4. The van der Waals surface area contributed by atoms with Crippen LogP contribution >= 0.6 is 0 Å². The fraction of sp³-hybridized carbons (Fsp3) is 0.889. The maximum absolute atomic E-state index is 11.7. The molecule has 1 saturated heterocycles. The molecule has 2 N–H and O–H groups in total. The van der Waals surface area contributed by atoms with Gasteiger partial charge in [0.25, 0.3) is 10.2 Å². The molecule has 0 spiro atoms. The lowest BCUT2D eigenvalue weighted by atomic mass is 10.2. The van der Waals surface area contributed by atoms with Crippen molar-refractivity contribution >= 4 is 16.1 Å². The topological polar surface area (TPSA) is 83.7 Å². The monoisotopic (exact) mass is 247 g/mol. The van der Waals surface area contributed by atoms with Gasteiger partial charge in [0.15, 0.2) is 0 Å². The van der Waals surface area contributed by atoms with Crippen LogP contribution in [-0.2, 0) is 15.0 Å². The van der Waals surface area contributed by atoms with Crippen molar-refractivity contribution < 1.29 is 13.2 Å². The van der Waals surface area contributed by atoms with E-state index in [9.17, 15) is 13.2 Å². The number of hydrogen-bond donors (Lipinski definition) is 1. The molecule has 0 atom stereocenters. The maximum atomic E-state index is 11.7. The Hall–Kier alpha value is -0.660. The van der Waals surface area contributed by atoms with E-state index in [1.54, 1.807) is 4.90 Å². The average Bonchev–Trinajstić information content (AvgIpc) is 3.00. The number of rotatable bonds is 3. The number of amides is 1. The minimum atomic E-state index is -3.59. The summed E-state index contributed by atoms with van der Waals surface area (Å²) >= 11 is 0. The minimum absolute atomic E-state index is 0.150. The first-order valence-electron chi connectivity index (χ1n) is 5.52.